The second-order valence-electron chi connectivity index (χ2n) is 3.68. The predicted octanol–water partition coefficient (Wildman–Crippen LogP) is 0.742. The molecule has 0 fully saturated rings. The maximum atomic E-state index is 11.5. The number of amides is 1. The van der Waals surface area contributed by atoms with E-state index < -0.39 is 5.97 Å². The van der Waals surface area contributed by atoms with Crippen molar-refractivity contribution in [3.63, 3.8) is 0 Å². The number of carbonyl (C=O) groups is 2. The SMILES string of the molecule is CCNC(=O)CN(CC)c1ccc(C(=O)O)cn1. The van der Waals surface area contributed by atoms with E-state index in [-0.39, 0.29) is 18.0 Å². The average Bonchev–Trinajstić information content (AvgIpc) is 2.36. The number of likely N-dealkylation sites (N-methyl/N-ethyl adjacent to an activating group) is 2. The number of rotatable bonds is 6. The van der Waals surface area contributed by atoms with Crippen LogP contribution in [0.4, 0.5) is 5.82 Å². The van der Waals surface area contributed by atoms with Crippen LogP contribution < -0.4 is 10.2 Å². The Balaban J connectivity index is 2.76. The van der Waals surface area contributed by atoms with E-state index in [1.165, 1.54) is 12.3 Å². The highest BCUT2D eigenvalue weighted by molar-refractivity contribution is 5.87. The van der Waals surface area contributed by atoms with Crippen LogP contribution in [0, 0.1) is 0 Å². The minimum Gasteiger partial charge on any atom is -0.478 e. The first kappa shape index (κ1) is 14.0. The normalized spacial score (nSPS) is 9.89. The van der Waals surface area contributed by atoms with Gasteiger partial charge in [-0.15, -0.1) is 0 Å². The minimum atomic E-state index is -1.01. The highest BCUT2D eigenvalue weighted by Crippen LogP contribution is 2.10. The number of hydrogen-bond acceptors (Lipinski definition) is 4. The van der Waals surface area contributed by atoms with Crippen LogP contribution in [0.3, 0.4) is 0 Å². The lowest BCUT2D eigenvalue weighted by atomic mass is 10.3. The van der Waals surface area contributed by atoms with Gasteiger partial charge in [-0.1, -0.05) is 0 Å². The largest absolute Gasteiger partial charge is 0.478 e. The molecule has 0 aliphatic heterocycles. The van der Waals surface area contributed by atoms with Gasteiger partial charge in [0.05, 0.1) is 12.1 Å². The molecule has 0 spiro atoms. The van der Waals surface area contributed by atoms with Gasteiger partial charge in [0.2, 0.25) is 5.91 Å². The van der Waals surface area contributed by atoms with Crippen molar-refractivity contribution in [1.29, 1.82) is 0 Å². The van der Waals surface area contributed by atoms with Crippen molar-refractivity contribution < 1.29 is 14.7 Å². The Labute approximate surface area is 106 Å². The summed E-state index contributed by atoms with van der Waals surface area (Å²) in [6, 6.07) is 3.08. The Bertz CT molecular complexity index is 417. The van der Waals surface area contributed by atoms with E-state index in [4.69, 9.17) is 5.11 Å². The summed E-state index contributed by atoms with van der Waals surface area (Å²) < 4.78 is 0. The number of aromatic carboxylic acids is 1. The van der Waals surface area contributed by atoms with E-state index in [0.717, 1.165) is 0 Å². The smallest absolute Gasteiger partial charge is 0.337 e. The maximum absolute atomic E-state index is 11.5. The summed E-state index contributed by atoms with van der Waals surface area (Å²) in [5.41, 5.74) is 0.132. The van der Waals surface area contributed by atoms with Crippen LogP contribution in [0.25, 0.3) is 0 Å². The lowest BCUT2D eigenvalue weighted by Gasteiger charge is -2.21. The first-order chi connectivity index (χ1) is 8.58. The Hall–Kier alpha value is -2.11. The fourth-order valence-corrected chi connectivity index (χ4v) is 1.48. The third-order valence-electron chi connectivity index (χ3n) is 2.41. The molecular formula is C12H17N3O3. The van der Waals surface area contributed by atoms with Gasteiger partial charge in [0, 0.05) is 19.3 Å². The van der Waals surface area contributed by atoms with Crippen LogP contribution in [0.5, 0.6) is 0 Å². The molecule has 0 atom stereocenters. The monoisotopic (exact) mass is 251 g/mol. The molecule has 6 nitrogen and oxygen atoms in total. The fourth-order valence-electron chi connectivity index (χ4n) is 1.48. The molecule has 0 aromatic carbocycles. The molecule has 0 radical (unpaired) electrons. The van der Waals surface area contributed by atoms with Gasteiger partial charge in [0.25, 0.3) is 0 Å². The zero-order valence-corrected chi connectivity index (χ0v) is 10.5. The standard InChI is InChI=1S/C12H17N3O3/c1-3-13-11(16)8-15(4-2)10-6-5-9(7-14-10)12(17)18/h5-7H,3-4,8H2,1-2H3,(H,13,16)(H,17,18). The van der Waals surface area contributed by atoms with Gasteiger partial charge in [0.15, 0.2) is 0 Å². The first-order valence-corrected chi connectivity index (χ1v) is 5.79. The fraction of sp³-hybridized carbons (Fsp3) is 0.417. The number of carboxylic acid groups (broad SMARTS) is 1. The maximum Gasteiger partial charge on any atom is 0.337 e. The quantitative estimate of drug-likeness (QED) is 0.779. The Kier molecular flexibility index (Phi) is 5.10. The van der Waals surface area contributed by atoms with Crippen molar-refractivity contribution in [1.82, 2.24) is 10.3 Å². The molecule has 0 saturated carbocycles. The number of pyridine rings is 1. The van der Waals surface area contributed by atoms with E-state index in [1.807, 2.05) is 13.8 Å². The molecule has 1 aromatic heterocycles. The van der Waals surface area contributed by atoms with Crippen LogP contribution in [0.1, 0.15) is 24.2 Å². The van der Waals surface area contributed by atoms with E-state index in [0.29, 0.717) is 18.9 Å². The zero-order chi connectivity index (χ0) is 13.5. The van der Waals surface area contributed by atoms with Crippen molar-refractivity contribution in [2.45, 2.75) is 13.8 Å². The lowest BCUT2D eigenvalue weighted by Crippen LogP contribution is -2.37. The molecule has 0 aliphatic rings. The summed E-state index contributed by atoms with van der Waals surface area (Å²) >= 11 is 0. The van der Waals surface area contributed by atoms with Crippen molar-refractivity contribution in [3.05, 3.63) is 23.9 Å². The molecule has 1 aromatic rings. The van der Waals surface area contributed by atoms with Crippen LogP contribution >= 0.6 is 0 Å². The van der Waals surface area contributed by atoms with Gasteiger partial charge >= 0.3 is 5.97 Å². The lowest BCUT2D eigenvalue weighted by molar-refractivity contribution is -0.119. The van der Waals surface area contributed by atoms with Crippen molar-refractivity contribution >= 4 is 17.7 Å². The molecule has 2 N–H and O–H groups in total. The number of carboxylic acids is 1. The van der Waals surface area contributed by atoms with E-state index in [2.05, 4.69) is 10.3 Å². The van der Waals surface area contributed by atoms with E-state index in [9.17, 15) is 9.59 Å². The molecule has 98 valence electrons. The summed E-state index contributed by atoms with van der Waals surface area (Å²) in [6.45, 7) is 5.18. The summed E-state index contributed by atoms with van der Waals surface area (Å²) in [4.78, 5) is 28.0. The second-order valence-corrected chi connectivity index (χ2v) is 3.68. The Morgan fingerprint density at radius 3 is 2.56 bits per heavy atom. The average molecular weight is 251 g/mol. The third kappa shape index (κ3) is 3.73. The number of aromatic nitrogens is 1. The van der Waals surface area contributed by atoms with Gasteiger partial charge < -0.3 is 15.3 Å². The predicted molar refractivity (Wildman–Crippen MR) is 67.8 cm³/mol. The molecular weight excluding hydrogens is 234 g/mol. The molecule has 1 amide bonds. The minimum absolute atomic E-state index is 0.0801. The van der Waals surface area contributed by atoms with Crippen LogP contribution in [0.2, 0.25) is 0 Å². The number of hydrogen-bond donors (Lipinski definition) is 2. The third-order valence-corrected chi connectivity index (χ3v) is 2.41. The molecule has 0 unspecified atom stereocenters. The number of anilines is 1. The molecule has 6 heteroatoms. The van der Waals surface area contributed by atoms with Gasteiger partial charge in [-0.25, -0.2) is 9.78 Å². The second kappa shape index (κ2) is 6.58. The first-order valence-electron chi connectivity index (χ1n) is 5.79. The van der Waals surface area contributed by atoms with Gasteiger partial charge in [-0.2, -0.15) is 0 Å². The van der Waals surface area contributed by atoms with Gasteiger partial charge in [0.1, 0.15) is 5.82 Å². The van der Waals surface area contributed by atoms with Gasteiger partial charge in [-0.3, -0.25) is 4.79 Å². The van der Waals surface area contributed by atoms with Crippen molar-refractivity contribution in [3.8, 4) is 0 Å². The molecule has 1 heterocycles. The number of nitrogens with zero attached hydrogens (tertiary/aromatic N) is 2. The Morgan fingerprint density at radius 1 is 1.39 bits per heavy atom. The summed E-state index contributed by atoms with van der Waals surface area (Å²) in [6.07, 6.45) is 1.29. The van der Waals surface area contributed by atoms with E-state index >= 15 is 0 Å². The van der Waals surface area contributed by atoms with Gasteiger partial charge in [-0.05, 0) is 26.0 Å². The van der Waals surface area contributed by atoms with Crippen molar-refractivity contribution in [2.75, 3.05) is 24.5 Å². The van der Waals surface area contributed by atoms with Crippen LogP contribution in [-0.2, 0) is 4.79 Å². The summed E-state index contributed by atoms with van der Waals surface area (Å²) in [7, 11) is 0. The molecule has 0 bridgehead atoms. The van der Waals surface area contributed by atoms with Crippen LogP contribution in [0.15, 0.2) is 18.3 Å². The van der Waals surface area contributed by atoms with E-state index in [1.54, 1.807) is 11.0 Å². The number of carbonyl (C=O) groups excluding carboxylic acids is 1. The Morgan fingerprint density at radius 2 is 2.11 bits per heavy atom. The number of nitrogens with one attached hydrogen (secondary N) is 1. The molecule has 0 saturated heterocycles. The molecule has 1 rings (SSSR count). The topological polar surface area (TPSA) is 82.5 Å². The molecule has 18 heavy (non-hydrogen) atoms. The zero-order valence-electron chi connectivity index (χ0n) is 10.5. The highest BCUT2D eigenvalue weighted by Gasteiger charge is 2.11. The molecule has 0 aliphatic carbocycles. The summed E-state index contributed by atoms with van der Waals surface area (Å²) in [5.74, 6) is -0.502. The highest BCUT2D eigenvalue weighted by atomic mass is 16.4. The van der Waals surface area contributed by atoms with Crippen LogP contribution in [-0.4, -0.2) is 41.6 Å². The van der Waals surface area contributed by atoms with Crippen molar-refractivity contribution in [2.24, 2.45) is 0 Å². The summed E-state index contributed by atoms with van der Waals surface area (Å²) in [5, 5.41) is 11.5.